The van der Waals surface area contributed by atoms with Gasteiger partial charge in [0.15, 0.2) is 0 Å². The van der Waals surface area contributed by atoms with Gasteiger partial charge in [-0.15, -0.1) is 0 Å². The van der Waals surface area contributed by atoms with Crippen LogP contribution in [0.5, 0.6) is 0 Å². The van der Waals surface area contributed by atoms with Gasteiger partial charge >= 0.3 is 0 Å². The third kappa shape index (κ3) is 3.12. The number of rotatable bonds is 3. The van der Waals surface area contributed by atoms with Crippen LogP contribution in [0.2, 0.25) is 5.02 Å². The van der Waals surface area contributed by atoms with Gasteiger partial charge in [-0.2, -0.15) is 5.26 Å². The van der Waals surface area contributed by atoms with Crippen LogP contribution in [-0.4, -0.2) is 29.4 Å². The number of hydrogen-bond donors (Lipinski definition) is 2. The van der Waals surface area contributed by atoms with E-state index in [0.717, 1.165) is 6.42 Å². The Hall–Kier alpha value is -2.78. The summed E-state index contributed by atoms with van der Waals surface area (Å²) in [7, 11) is 0. The SMILES string of the molecule is N#Cc1c[nH]c(C(=O)N[C@H]2CCCN(c3ccccc3Cl)C2=O)c1. The summed E-state index contributed by atoms with van der Waals surface area (Å²) in [6, 6.07) is 9.93. The highest BCUT2D eigenvalue weighted by atomic mass is 35.5. The summed E-state index contributed by atoms with van der Waals surface area (Å²) in [4.78, 5) is 29.3. The number of carbonyl (C=O) groups excluding carboxylic acids is 2. The Labute approximate surface area is 144 Å². The fourth-order valence-corrected chi connectivity index (χ4v) is 2.98. The fourth-order valence-electron chi connectivity index (χ4n) is 2.74. The quantitative estimate of drug-likeness (QED) is 0.898. The van der Waals surface area contributed by atoms with Crippen molar-refractivity contribution in [1.29, 1.82) is 5.26 Å². The number of piperidine rings is 1. The third-order valence-electron chi connectivity index (χ3n) is 3.94. The van der Waals surface area contributed by atoms with Crippen molar-refractivity contribution in [2.24, 2.45) is 0 Å². The minimum atomic E-state index is -0.614. The molecule has 2 aromatic rings. The molecular weight excluding hydrogens is 328 g/mol. The molecule has 1 fully saturated rings. The number of benzene rings is 1. The maximum Gasteiger partial charge on any atom is 0.268 e. The van der Waals surface area contributed by atoms with Gasteiger partial charge in [0, 0.05) is 12.7 Å². The van der Waals surface area contributed by atoms with Crippen molar-refractivity contribution in [3.05, 3.63) is 52.8 Å². The van der Waals surface area contributed by atoms with E-state index >= 15 is 0 Å². The number of amides is 2. The van der Waals surface area contributed by atoms with Gasteiger partial charge < -0.3 is 15.2 Å². The predicted molar refractivity (Wildman–Crippen MR) is 89.8 cm³/mol. The minimum Gasteiger partial charge on any atom is -0.356 e. The van der Waals surface area contributed by atoms with Gasteiger partial charge in [-0.05, 0) is 31.0 Å². The number of carbonyl (C=O) groups is 2. The first-order chi connectivity index (χ1) is 11.6. The maximum atomic E-state index is 12.7. The Bertz CT molecular complexity index is 824. The molecule has 1 saturated heterocycles. The Morgan fingerprint density at radius 2 is 2.21 bits per heavy atom. The van der Waals surface area contributed by atoms with E-state index < -0.39 is 11.9 Å². The van der Waals surface area contributed by atoms with E-state index in [1.165, 1.54) is 12.3 Å². The van der Waals surface area contributed by atoms with Gasteiger partial charge in [-0.3, -0.25) is 9.59 Å². The van der Waals surface area contributed by atoms with E-state index in [1.807, 2.05) is 12.1 Å². The van der Waals surface area contributed by atoms with Crippen molar-refractivity contribution in [3.63, 3.8) is 0 Å². The predicted octanol–water partition coefficient (Wildman–Crippen LogP) is 2.47. The van der Waals surface area contributed by atoms with E-state index in [9.17, 15) is 9.59 Å². The van der Waals surface area contributed by atoms with Gasteiger partial charge in [-0.1, -0.05) is 23.7 Å². The number of para-hydroxylation sites is 1. The van der Waals surface area contributed by atoms with Crippen LogP contribution < -0.4 is 10.2 Å². The molecule has 0 unspecified atom stereocenters. The van der Waals surface area contributed by atoms with E-state index in [1.54, 1.807) is 23.1 Å². The Morgan fingerprint density at radius 3 is 2.92 bits per heavy atom. The molecule has 3 rings (SSSR count). The molecule has 1 aromatic carbocycles. The highest BCUT2D eigenvalue weighted by Crippen LogP contribution is 2.28. The molecule has 2 heterocycles. The standard InChI is InChI=1S/C17H15ClN4O2/c18-12-4-1-2-6-15(12)22-7-3-5-13(17(22)24)21-16(23)14-8-11(9-19)10-20-14/h1-2,4,6,8,10,13,20H,3,5,7H2,(H,21,23)/t13-/m0/s1. The molecule has 1 atom stereocenters. The zero-order valence-electron chi connectivity index (χ0n) is 12.8. The summed E-state index contributed by atoms with van der Waals surface area (Å²) < 4.78 is 0. The summed E-state index contributed by atoms with van der Waals surface area (Å²) in [6.07, 6.45) is 2.78. The van der Waals surface area contributed by atoms with Gasteiger partial charge in [0.25, 0.3) is 5.91 Å². The first kappa shape index (κ1) is 16.1. The van der Waals surface area contributed by atoms with Crippen LogP contribution in [0.4, 0.5) is 5.69 Å². The smallest absolute Gasteiger partial charge is 0.268 e. The van der Waals surface area contributed by atoms with E-state index in [2.05, 4.69) is 10.3 Å². The molecule has 0 radical (unpaired) electrons. The molecule has 7 heteroatoms. The number of halogens is 1. The molecule has 0 saturated carbocycles. The second kappa shape index (κ2) is 6.77. The van der Waals surface area contributed by atoms with Crippen LogP contribution in [0.1, 0.15) is 28.9 Å². The lowest BCUT2D eigenvalue weighted by Gasteiger charge is -2.33. The lowest BCUT2D eigenvalue weighted by Crippen LogP contribution is -2.52. The molecule has 2 N–H and O–H groups in total. The fraction of sp³-hybridized carbons (Fsp3) is 0.235. The number of anilines is 1. The summed E-state index contributed by atoms with van der Waals surface area (Å²) in [5.74, 6) is -0.592. The van der Waals surface area contributed by atoms with Crippen LogP contribution in [-0.2, 0) is 4.79 Å². The summed E-state index contributed by atoms with van der Waals surface area (Å²) in [5.41, 5.74) is 1.27. The topological polar surface area (TPSA) is 89.0 Å². The maximum absolute atomic E-state index is 12.7. The molecule has 0 aliphatic carbocycles. The zero-order chi connectivity index (χ0) is 17.1. The second-order valence-corrected chi connectivity index (χ2v) is 5.93. The third-order valence-corrected chi connectivity index (χ3v) is 4.26. The number of aromatic amines is 1. The zero-order valence-corrected chi connectivity index (χ0v) is 13.5. The van der Waals surface area contributed by atoms with Gasteiger partial charge in [0.05, 0.1) is 16.3 Å². The van der Waals surface area contributed by atoms with E-state index in [4.69, 9.17) is 16.9 Å². The molecule has 2 amide bonds. The summed E-state index contributed by atoms with van der Waals surface area (Å²) >= 11 is 6.17. The van der Waals surface area contributed by atoms with Crippen molar-refractivity contribution in [3.8, 4) is 6.07 Å². The van der Waals surface area contributed by atoms with Crippen LogP contribution >= 0.6 is 11.6 Å². The van der Waals surface area contributed by atoms with Crippen molar-refractivity contribution < 1.29 is 9.59 Å². The average Bonchev–Trinajstić information content (AvgIpc) is 3.07. The Morgan fingerprint density at radius 1 is 1.42 bits per heavy atom. The summed E-state index contributed by atoms with van der Waals surface area (Å²) in [6.45, 7) is 0.565. The van der Waals surface area contributed by atoms with Crippen molar-refractivity contribution >= 4 is 29.1 Å². The highest BCUT2D eigenvalue weighted by molar-refractivity contribution is 6.33. The molecule has 1 aliphatic heterocycles. The van der Waals surface area contributed by atoms with Crippen LogP contribution in [0.25, 0.3) is 0 Å². The van der Waals surface area contributed by atoms with Crippen LogP contribution in [0.15, 0.2) is 36.5 Å². The molecule has 6 nitrogen and oxygen atoms in total. The number of hydrogen-bond acceptors (Lipinski definition) is 3. The van der Waals surface area contributed by atoms with Gasteiger partial charge in [0.1, 0.15) is 17.8 Å². The van der Waals surface area contributed by atoms with E-state index in [-0.39, 0.29) is 11.6 Å². The number of nitrogens with zero attached hydrogens (tertiary/aromatic N) is 2. The number of nitriles is 1. The average molecular weight is 343 g/mol. The highest BCUT2D eigenvalue weighted by Gasteiger charge is 2.32. The molecule has 24 heavy (non-hydrogen) atoms. The largest absolute Gasteiger partial charge is 0.356 e. The summed E-state index contributed by atoms with van der Waals surface area (Å²) in [5, 5.41) is 12.0. The Kier molecular flexibility index (Phi) is 4.54. The molecular formula is C17H15ClN4O2. The first-order valence-electron chi connectivity index (χ1n) is 7.55. The van der Waals surface area contributed by atoms with Crippen molar-refractivity contribution in [1.82, 2.24) is 10.3 Å². The van der Waals surface area contributed by atoms with E-state index in [0.29, 0.717) is 29.2 Å². The number of aromatic nitrogens is 1. The Balaban J connectivity index is 1.75. The van der Waals surface area contributed by atoms with Crippen molar-refractivity contribution in [2.45, 2.75) is 18.9 Å². The number of H-pyrrole nitrogens is 1. The second-order valence-electron chi connectivity index (χ2n) is 5.52. The lowest BCUT2D eigenvalue weighted by molar-refractivity contribution is -0.121. The first-order valence-corrected chi connectivity index (χ1v) is 7.93. The molecule has 1 aliphatic rings. The minimum absolute atomic E-state index is 0.185. The molecule has 0 spiro atoms. The van der Waals surface area contributed by atoms with Crippen LogP contribution in [0.3, 0.4) is 0 Å². The van der Waals surface area contributed by atoms with Gasteiger partial charge in [-0.25, -0.2) is 0 Å². The van der Waals surface area contributed by atoms with Crippen LogP contribution in [0, 0.1) is 11.3 Å². The van der Waals surface area contributed by atoms with Gasteiger partial charge in [0.2, 0.25) is 5.91 Å². The van der Waals surface area contributed by atoms with Crippen molar-refractivity contribution in [2.75, 3.05) is 11.4 Å². The molecule has 0 bridgehead atoms. The monoisotopic (exact) mass is 342 g/mol. The normalized spacial score (nSPS) is 17.4. The number of nitrogens with one attached hydrogen (secondary N) is 2. The molecule has 122 valence electrons. The lowest BCUT2D eigenvalue weighted by atomic mass is 10.0. The molecule has 1 aromatic heterocycles.